The summed E-state index contributed by atoms with van der Waals surface area (Å²) >= 11 is 4.76. The first kappa shape index (κ1) is 13.2. The number of nitrogens with two attached hydrogens (primary N) is 1. The molecule has 0 aliphatic rings. The van der Waals surface area contributed by atoms with Gasteiger partial charge in [-0.2, -0.15) is 0 Å². The average molecular weight is 217 g/mol. The van der Waals surface area contributed by atoms with E-state index in [1.165, 1.54) is 0 Å². The van der Waals surface area contributed by atoms with Gasteiger partial charge in [0.25, 0.3) is 0 Å². The van der Waals surface area contributed by atoms with E-state index in [0.717, 1.165) is 0 Å². The van der Waals surface area contributed by atoms with Crippen LogP contribution in [0.25, 0.3) is 0 Å². The lowest BCUT2D eigenvalue weighted by Crippen LogP contribution is -2.43. The Morgan fingerprint density at radius 3 is 2.50 bits per heavy atom. The maximum absolute atomic E-state index is 11.5. The molecule has 0 fully saturated rings. The molecule has 0 rings (SSSR count). The van der Waals surface area contributed by atoms with Gasteiger partial charge >= 0.3 is 6.03 Å². The van der Waals surface area contributed by atoms with Crippen molar-refractivity contribution >= 4 is 23.2 Å². The maximum atomic E-state index is 11.5. The Morgan fingerprint density at radius 1 is 1.57 bits per heavy atom. The molecule has 0 saturated heterocycles. The van der Waals surface area contributed by atoms with Gasteiger partial charge in [0, 0.05) is 25.6 Å². The summed E-state index contributed by atoms with van der Waals surface area (Å²) in [5.74, 6) is 0. The SMILES string of the molecule is CCN(CCC(N)=S)C(=O)NC(C)C. The highest BCUT2D eigenvalue weighted by Crippen LogP contribution is 1.94. The Morgan fingerprint density at radius 2 is 2.14 bits per heavy atom. The first-order chi connectivity index (χ1) is 6.47. The molecule has 82 valence electrons. The van der Waals surface area contributed by atoms with Gasteiger partial charge in [-0.15, -0.1) is 0 Å². The average Bonchev–Trinajstić information content (AvgIpc) is 2.03. The zero-order valence-corrected chi connectivity index (χ0v) is 9.86. The van der Waals surface area contributed by atoms with Gasteiger partial charge in [-0.3, -0.25) is 0 Å². The quantitative estimate of drug-likeness (QED) is 0.678. The summed E-state index contributed by atoms with van der Waals surface area (Å²) in [6.45, 7) is 7.05. The standard InChI is InChI=1S/C9H19N3OS/c1-4-12(6-5-8(10)14)9(13)11-7(2)3/h7H,4-6H2,1-3H3,(H2,10,14)(H,11,13). The molecular weight excluding hydrogens is 198 g/mol. The number of nitrogens with one attached hydrogen (secondary N) is 1. The van der Waals surface area contributed by atoms with Crippen molar-refractivity contribution < 1.29 is 4.79 Å². The summed E-state index contributed by atoms with van der Waals surface area (Å²) in [6, 6.07) is 0.0973. The fourth-order valence-electron chi connectivity index (χ4n) is 0.987. The van der Waals surface area contributed by atoms with Crippen LogP contribution in [0, 0.1) is 0 Å². The van der Waals surface area contributed by atoms with Gasteiger partial charge in [0.2, 0.25) is 0 Å². The van der Waals surface area contributed by atoms with Crippen molar-refractivity contribution in [1.82, 2.24) is 10.2 Å². The smallest absolute Gasteiger partial charge is 0.317 e. The van der Waals surface area contributed by atoms with Crippen molar-refractivity contribution in [3.05, 3.63) is 0 Å². The minimum absolute atomic E-state index is 0.0567. The third-order valence-electron chi connectivity index (χ3n) is 1.71. The Kier molecular flexibility index (Phi) is 6.19. The molecule has 0 aliphatic heterocycles. The number of urea groups is 1. The van der Waals surface area contributed by atoms with E-state index in [-0.39, 0.29) is 12.1 Å². The van der Waals surface area contributed by atoms with Gasteiger partial charge in [-0.1, -0.05) is 12.2 Å². The molecule has 0 atom stereocenters. The van der Waals surface area contributed by atoms with E-state index < -0.39 is 0 Å². The molecule has 0 radical (unpaired) electrons. The van der Waals surface area contributed by atoms with Gasteiger partial charge in [0.05, 0.1) is 4.99 Å². The molecule has 0 bridgehead atoms. The highest BCUT2D eigenvalue weighted by atomic mass is 32.1. The largest absolute Gasteiger partial charge is 0.393 e. The number of hydrogen-bond donors (Lipinski definition) is 2. The number of hydrogen-bond acceptors (Lipinski definition) is 2. The van der Waals surface area contributed by atoms with E-state index in [2.05, 4.69) is 5.32 Å². The Balaban J connectivity index is 3.99. The van der Waals surface area contributed by atoms with Crippen LogP contribution in [-0.2, 0) is 0 Å². The molecular formula is C9H19N3OS. The van der Waals surface area contributed by atoms with Crippen LogP contribution in [0.2, 0.25) is 0 Å². The van der Waals surface area contributed by atoms with Crippen molar-refractivity contribution in [3.63, 3.8) is 0 Å². The van der Waals surface area contributed by atoms with E-state index >= 15 is 0 Å². The second kappa shape index (κ2) is 6.59. The molecule has 0 spiro atoms. The van der Waals surface area contributed by atoms with Gasteiger partial charge in [-0.25, -0.2) is 4.79 Å². The van der Waals surface area contributed by atoms with Gasteiger partial charge in [0.1, 0.15) is 0 Å². The van der Waals surface area contributed by atoms with Crippen LogP contribution in [0.1, 0.15) is 27.2 Å². The zero-order valence-electron chi connectivity index (χ0n) is 9.04. The minimum Gasteiger partial charge on any atom is -0.393 e. The van der Waals surface area contributed by atoms with Crippen LogP contribution in [0.4, 0.5) is 4.79 Å². The lowest BCUT2D eigenvalue weighted by Gasteiger charge is -2.22. The van der Waals surface area contributed by atoms with Crippen molar-refractivity contribution in [2.75, 3.05) is 13.1 Å². The fraction of sp³-hybridized carbons (Fsp3) is 0.778. The lowest BCUT2D eigenvalue weighted by molar-refractivity contribution is 0.199. The van der Waals surface area contributed by atoms with E-state index in [0.29, 0.717) is 24.5 Å². The molecule has 4 nitrogen and oxygen atoms in total. The monoisotopic (exact) mass is 217 g/mol. The Bertz CT molecular complexity index is 206. The summed E-state index contributed by atoms with van der Waals surface area (Å²) in [4.78, 5) is 13.7. The maximum Gasteiger partial charge on any atom is 0.317 e. The van der Waals surface area contributed by atoms with Crippen LogP contribution in [0.3, 0.4) is 0 Å². The summed E-state index contributed by atoms with van der Waals surface area (Å²) in [7, 11) is 0. The third-order valence-corrected chi connectivity index (χ3v) is 1.91. The highest BCUT2D eigenvalue weighted by Gasteiger charge is 2.11. The molecule has 0 saturated carbocycles. The minimum atomic E-state index is -0.0567. The van der Waals surface area contributed by atoms with Crippen LogP contribution in [-0.4, -0.2) is 35.1 Å². The van der Waals surface area contributed by atoms with Crippen LogP contribution in [0.5, 0.6) is 0 Å². The molecule has 0 aliphatic carbocycles. The van der Waals surface area contributed by atoms with E-state index in [4.69, 9.17) is 18.0 Å². The molecule has 14 heavy (non-hydrogen) atoms. The Hall–Kier alpha value is -0.840. The van der Waals surface area contributed by atoms with Gasteiger partial charge in [0.15, 0.2) is 0 Å². The number of carbonyl (C=O) groups is 1. The van der Waals surface area contributed by atoms with Gasteiger partial charge < -0.3 is 16.0 Å². The zero-order chi connectivity index (χ0) is 11.1. The summed E-state index contributed by atoms with van der Waals surface area (Å²) in [5.41, 5.74) is 5.37. The normalized spacial score (nSPS) is 10.0. The van der Waals surface area contributed by atoms with E-state index in [1.807, 2.05) is 20.8 Å². The third kappa shape index (κ3) is 5.75. The summed E-state index contributed by atoms with van der Waals surface area (Å²) in [5, 5.41) is 2.82. The van der Waals surface area contributed by atoms with Gasteiger partial charge in [-0.05, 0) is 20.8 Å². The summed E-state index contributed by atoms with van der Waals surface area (Å²) in [6.07, 6.45) is 0.578. The van der Waals surface area contributed by atoms with Crippen molar-refractivity contribution in [2.45, 2.75) is 33.2 Å². The number of amides is 2. The molecule has 0 aromatic carbocycles. The second-order valence-corrected chi connectivity index (χ2v) is 3.92. The van der Waals surface area contributed by atoms with Crippen LogP contribution < -0.4 is 11.1 Å². The number of nitrogens with zero attached hydrogens (tertiary/aromatic N) is 1. The van der Waals surface area contributed by atoms with Crippen LogP contribution in [0.15, 0.2) is 0 Å². The second-order valence-electron chi connectivity index (χ2n) is 3.40. The summed E-state index contributed by atoms with van der Waals surface area (Å²) < 4.78 is 0. The molecule has 0 heterocycles. The molecule has 0 unspecified atom stereocenters. The number of thiocarbonyl (C=S) groups is 1. The number of rotatable bonds is 5. The first-order valence-corrected chi connectivity index (χ1v) is 5.22. The van der Waals surface area contributed by atoms with E-state index in [9.17, 15) is 4.79 Å². The van der Waals surface area contributed by atoms with Crippen molar-refractivity contribution in [3.8, 4) is 0 Å². The van der Waals surface area contributed by atoms with Crippen molar-refractivity contribution in [2.24, 2.45) is 5.73 Å². The predicted molar refractivity (Wildman–Crippen MR) is 62.3 cm³/mol. The molecule has 0 aromatic rings. The predicted octanol–water partition coefficient (Wildman–Crippen LogP) is 1.10. The lowest BCUT2D eigenvalue weighted by atomic mass is 10.3. The molecule has 2 amide bonds. The van der Waals surface area contributed by atoms with E-state index in [1.54, 1.807) is 4.90 Å². The Labute approximate surface area is 90.8 Å². The fourth-order valence-corrected chi connectivity index (χ4v) is 1.08. The first-order valence-electron chi connectivity index (χ1n) is 4.81. The molecule has 0 aromatic heterocycles. The molecule has 5 heteroatoms. The van der Waals surface area contributed by atoms with Crippen LogP contribution >= 0.6 is 12.2 Å². The number of carbonyl (C=O) groups excluding carboxylic acids is 1. The van der Waals surface area contributed by atoms with Crippen molar-refractivity contribution in [1.29, 1.82) is 0 Å². The topological polar surface area (TPSA) is 58.4 Å². The molecule has 3 N–H and O–H groups in total. The highest BCUT2D eigenvalue weighted by molar-refractivity contribution is 7.80.